The molecule has 0 fully saturated rings. The van der Waals surface area contributed by atoms with Gasteiger partial charge in [0.15, 0.2) is 0 Å². The zero-order chi connectivity index (χ0) is 27.4. The van der Waals surface area contributed by atoms with Crippen LogP contribution >= 0.6 is 0 Å². The quantitative estimate of drug-likeness (QED) is 0.0502. The van der Waals surface area contributed by atoms with Crippen LogP contribution in [0.1, 0.15) is 142 Å². The van der Waals surface area contributed by atoms with Crippen molar-refractivity contribution in [1.29, 1.82) is 0 Å². The number of amides is 1. The fourth-order valence-electron chi connectivity index (χ4n) is 4.54. The molecule has 7 nitrogen and oxygen atoms in total. The minimum absolute atomic E-state index is 0.0408. The minimum Gasteiger partial charge on any atom is -0.466 e. The summed E-state index contributed by atoms with van der Waals surface area (Å²) < 4.78 is 9.92. The Labute approximate surface area is 228 Å². The molecule has 0 heterocycles. The lowest BCUT2D eigenvalue weighted by Crippen LogP contribution is -2.33. The highest BCUT2D eigenvalue weighted by Gasteiger charge is 2.11. The van der Waals surface area contributed by atoms with Crippen molar-refractivity contribution in [3.63, 3.8) is 0 Å². The molecule has 0 aromatic carbocycles. The molecule has 0 spiro atoms. The van der Waals surface area contributed by atoms with Gasteiger partial charge in [-0.3, -0.25) is 10.0 Å². The zero-order valence-corrected chi connectivity index (χ0v) is 24.7. The van der Waals surface area contributed by atoms with Crippen LogP contribution in [0, 0.1) is 0 Å². The molecule has 220 valence electrons. The average Bonchev–Trinajstić information content (AvgIpc) is 2.90. The van der Waals surface area contributed by atoms with Crippen LogP contribution in [-0.2, 0) is 14.3 Å². The Kier molecular flexibility index (Phi) is 26.7. The van der Waals surface area contributed by atoms with E-state index in [2.05, 4.69) is 23.5 Å². The maximum atomic E-state index is 11.9. The molecule has 37 heavy (non-hydrogen) atoms. The molecule has 0 aliphatic carbocycles. The Bertz CT molecular complexity index is 518. The lowest BCUT2D eigenvalue weighted by Gasteiger charge is -2.23. The second-order valence-corrected chi connectivity index (χ2v) is 10.4. The van der Waals surface area contributed by atoms with Crippen LogP contribution < -0.4 is 0 Å². The van der Waals surface area contributed by atoms with E-state index in [9.17, 15) is 14.8 Å². The molecule has 1 amide bonds. The van der Waals surface area contributed by atoms with Gasteiger partial charge in [0.2, 0.25) is 0 Å². The summed E-state index contributed by atoms with van der Waals surface area (Å²) in [6.07, 6.45) is 22.3. The minimum atomic E-state index is -0.704. The number of rotatable bonds is 27. The maximum Gasteiger partial charge on any atom is 0.433 e. The molecule has 0 saturated carbocycles. The van der Waals surface area contributed by atoms with Crippen molar-refractivity contribution in [2.75, 3.05) is 39.9 Å². The Morgan fingerprint density at radius 1 is 0.595 bits per heavy atom. The van der Waals surface area contributed by atoms with Gasteiger partial charge in [0.25, 0.3) is 0 Å². The largest absolute Gasteiger partial charge is 0.466 e. The van der Waals surface area contributed by atoms with Crippen molar-refractivity contribution in [3.05, 3.63) is 0 Å². The number of ether oxygens (including phenoxy) is 2. The monoisotopic (exact) mass is 528 g/mol. The third kappa shape index (κ3) is 24.7. The average molecular weight is 529 g/mol. The van der Waals surface area contributed by atoms with Crippen molar-refractivity contribution < 1.29 is 24.3 Å². The normalized spacial score (nSPS) is 11.2. The highest BCUT2D eigenvalue weighted by atomic mass is 16.6. The van der Waals surface area contributed by atoms with E-state index in [0.717, 1.165) is 71.0 Å². The molecular weight excluding hydrogens is 468 g/mol. The van der Waals surface area contributed by atoms with E-state index < -0.39 is 6.09 Å². The first-order valence-electron chi connectivity index (χ1n) is 15.5. The molecule has 0 rings (SSSR count). The van der Waals surface area contributed by atoms with E-state index in [0.29, 0.717) is 18.1 Å². The third-order valence-corrected chi connectivity index (χ3v) is 6.92. The van der Waals surface area contributed by atoms with Crippen molar-refractivity contribution in [2.24, 2.45) is 0 Å². The van der Waals surface area contributed by atoms with Gasteiger partial charge in [0.05, 0.1) is 20.3 Å². The fraction of sp³-hybridized carbons (Fsp3) is 0.933. The number of carbonyl (C=O) groups excluding carboxylic acids is 2. The summed E-state index contributed by atoms with van der Waals surface area (Å²) in [5.41, 5.74) is 0. The number of methoxy groups -OCH3 is 1. The number of hydroxylamine groups is 2. The smallest absolute Gasteiger partial charge is 0.433 e. The summed E-state index contributed by atoms with van der Waals surface area (Å²) in [7, 11) is 1.27. The molecule has 0 unspecified atom stereocenters. The van der Waals surface area contributed by atoms with Gasteiger partial charge >= 0.3 is 12.1 Å². The molecule has 0 atom stereocenters. The van der Waals surface area contributed by atoms with E-state index in [1.54, 1.807) is 0 Å². The number of nitrogens with zero attached hydrogens (tertiary/aromatic N) is 2. The SMILES string of the molecule is CCCCCCCCCOC(=O)CCCCCCCN(CCCCCCCC)CCCN(O)C(=O)OC. The number of carbonyl (C=O) groups is 2. The Morgan fingerprint density at radius 3 is 1.59 bits per heavy atom. The van der Waals surface area contributed by atoms with Gasteiger partial charge in [-0.25, -0.2) is 4.79 Å². The summed E-state index contributed by atoms with van der Waals surface area (Å²) >= 11 is 0. The lowest BCUT2D eigenvalue weighted by atomic mass is 10.1. The zero-order valence-electron chi connectivity index (χ0n) is 24.7. The van der Waals surface area contributed by atoms with Gasteiger partial charge in [-0.1, -0.05) is 104 Å². The highest BCUT2D eigenvalue weighted by Crippen LogP contribution is 2.11. The Hall–Kier alpha value is -1.34. The van der Waals surface area contributed by atoms with Gasteiger partial charge in [-0.2, -0.15) is 5.06 Å². The van der Waals surface area contributed by atoms with Crippen LogP contribution in [0.25, 0.3) is 0 Å². The maximum absolute atomic E-state index is 11.9. The molecule has 0 aromatic heterocycles. The predicted octanol–water partition coefficient (Wildman–Crippen LogP) is 8.13. The Morgan fingerprint density at radius 2 is 1.05 bits per heavy atom. The van der Waals surface area contributed by atoms with Crippen LogP contribution in [0.4, 0.5) is 4.79 Å². The first-order valence-corrected chi connectivity index (χ1v) is 15.5. The van der Waals surface area contributed by atoms with E-state index >= 15 is 0 Å². The Balaban J connectivity index is 3.89. The summed E-state index contributed by atoms with van der Waals surface area (Å²) in [4.78, 5) is 25.7. The molecule has 0 aliphatic heterocycles. The molecule has 0 bridgehead atoms. The highest BCUT2D eigenvalue weighted by molar-refractivity contribution is 5.69. The van der Waals surface area contributed by atoms with Gasteiger partial charge in [-0.15, -0.1) is 0 Å². The first-order chi connectivity index (χ1) is 18.0. The summed E-state index contributed by atoms with van der Waals surface area (Å²) in [6, 6.07) is 0. The summed E-state index contributed by atoms with van der Waals surface area (Å²) in [5, 5.41) is 10.3. The number of hydrogen-bond acceptors (Lipinski definition) is 6. The van der Waals surface area contributed by atoms with Gasteiger partial charge in [0, 0.05) is 6.42 Å². The van der Waals surface area contributed by atoms with Crippen molar-refractivity contribution >= 4 is 12.1 Å². The van der Waals surface area contributed by atoms with Gasteiger partial charge in [-0.05, 0) is 51.7 Å². The molecule has 7 heteroatoms. The predicted molar refractivity (Wildman–Crippen MR) is 152 cm³/mol. The topological polar surface area (TPSA) is 79.3 Å². The van der Waals surface area contributed by atoms with Crippen molar-refractivity contribution in [3.8, 4) is 0 Å². The standard InChI is InChI=1S/C30H60N2O5/c1-4-6-8-10-12-17-21-28-37-29(33)23-18-14-13-16-20-25-31(24-19-15-11-9-7-5-2)26-22-27-32(35)30(34)36-3/h35H,4-28H2,1-3H3. The molecule has 0 saturated heterocycles. The summed E-state index contributed by atoms with van der Waals surface area (Å²) in [6.45, 7) is 8.32. The van der Waals surface area contributed by atoms with Crippen molar-refractivity contribution in [1.82, 2.24) is 9.96 Å². The molecular formula is C30H60N2O5. The van der Waals surface area contributed by atoms with Crippen molar-refractivity contribution in [2.45, 2.75) is 142 Å². The molecule has 1 N–H and O–H groups in total. The number of esters is 1. The van der Waals surface area contributed by atoms with E-state index in [-0.39, 0.29) is 12.5 Å². The lowest BCUT2D eigenvalue weighted by molar-refractivity contribution is -0.143. The fourth-order valence-corrected chi connectivity index (χ4v) is 4.54. The van der Waals surface area contributed by atoms with Gasteiger partial charge in [0.1, 0.15) is 0 Å². The van der Waals surface area contributed by atoms with E-state index in [1.165, 1.54) is 77.7 Å². The van der Waals surface area contributed by atoms with Crippen LogP contribution in [-0.4, -0.2) is 67.1 Å². The third-order valence-electron chi connectivity index (χ3n) is 6.92. The van der Waals surface area contributed by atoms with Crippen LogP contribution in [0.5, 0.6) is 0 Å². The number of hydrogen-bond donors (Lipinski definition) is 1. The molecule has 0 aromatic rings. The molecule has 0 aliphatic rings. The second-order valence-electron chi connectivity index (χ2n) is 10.4. The van der Waals surface area contributed by atoms with E-state index in [1.807, 2.05) is 0 Å². The van der Waals surface area contributed by atoms with Gasteiger partial charge < -0.3 is 14.4 Å². The van der Waals surface area contributed by atoms with E-state index in [4.69, 9.17) is 4.74 Å². The number of unbranched alkanes of at least 4 members (excludes halogenated alkanes) is 15. The molecule has 0 radical (unpaired) electrons. The first kappa shape index (κ1) is 35.7. The summed E-state index contributed by atoms with van der Waals surface area (Å²) in [5.74, 6) is -0.0408. The second kappa shape index (κ2) is 27.7. The van der Waals surface area contributed by atoms with Crippen LogP contribution in [0.2, 0.25) is 0 Å². The van der Waals surface area contributed by atoms with Crippen LogP contribution in [0.3, 0.4) is 0 Å². The van der Waals surface area contributed by atoms with Crippen LogP contribution in [0.15, 0.2) is 0 Å².